The summed E-state index contributed by atoms with van der Waals surface area (Å²) in [7, 11) is 0. The zero-order valence-corrected chi connectivity index (χ0v) is 13.0. The van der Waals surface area contributed by atoms with E-state index in [1.165, 1.54) is 90.5 Å². The Labute approximate surface area is 120 Å². The van der Waals surface area contributed by atoms with E-state index in [2.05, 4.69) is 17.1 Å². The van der Waals surface area contributed by atoms with Crippen molar-refractivity contribution in [2.45, 2.75) is 64.7 Å². The van der Waals surface area contributed by atoms with Gasteiger partial charge in [-0.1, -0.05) is 39.0 Å². The van der Waals surface area contributed by atoms with Gasteiger partial charge < -0.3 is 10.2 Å². The number of nitrogens with one attached hydrogen (secondary N) is 1. The topological polar surface area (TPSA) is 15.3 Å². The van der Waals surface area contributed by atoms with E-state index in [4.69, 9.17) is 0 Å². The van der Waals surface area contributed by atoms with Crippen molar-refractivity contribution in [3.8, 4) is 0 Å². The van der Waals surface area contributed by atoms with Crippen LogP contribution >= 0.6 is 0 Å². The maximum atomic E-state index is 3.49. The van der Waals surface area contributed by atoms with Crippen LogP contribution in [-0.4, -0.2) is 37.6 Å². The molecule has 1 N–H and O–H groups in total. The van der Waals surface area contributed by atoms with Gasteiger partial charge in [0.2, 0.25) is 0 Å². The zero-order valence-electron chi connectivity index (χ0n) is 13.0. The van der Waals surface area contributed by atoms with Crippen molar-refractivity contribution in [2.75, 3.05) is 32.7 Å². The molecule has 0 atom stereocenters. The van der Waals surface area contributed by atoms with E-state index in [0.29, 0.717) is 0 Å². The lowest BCUT2D eigenvalue weighted by Crippen LogP contribution is -2.37. The number of piperidine rings is 1. The molecule has 0 aromatic carbocycles. The molecule has 0 aromatic rings. The molecule has 1 heterocycles. The summed E-state index contributed by atoms with van der Waals surface area (Å²) < 4.78 is 0. The van der Waals surface area contributed by atoms with Crippen LogP contribution in [0.25, 0.3) is 0 Å². The van der Waals surface area contributed by atoms with Crippen LogP contribution in [0, 0.1) is 11.8 Å². The maximum Gasteiger partial charge on any atom is 0.00106 e. The van der Waals surface area contributed by atoms with Gasteiger partial charge in [0.15, 0.2) is 0 Å². The van der Waals surface area contributed by atoms with Crippen LogP contribution in [0.1, 0.15) is 64.7 Å². The van der Waals surface area contributed by atoms with Gasteiger partial charge in [-0.3, -0.25) is 0 Å². The zero-order chi connectivity index (χ0) is 13.3. The van der Waals surface area contributed by atoms with E-state index >= 15 is 0 Å². The van der Waals surface area contributed by atoms with Crippen molar-refractivity contribution in [1.29, 1.82) is 0 Å². The Morgan fingerprint density at radius 1 is 0.895 bits per heavy atom. The standard InChI is InChI=1S/C17H34N2/c1-2-13-19(15-17-8-11-18-12-9-17)14-10-16-6-4-3-5-7-16/h16-18H,2-15H2,1H3. The molecule has 0 amide bonds. The summed E-state index contributed by atoms with van der Waals surface area (Å²) >= 11 is 0. The minimum atomic E-state index is 0.958. The van der Waals surface area contributed by atoms with Crippen molar-refractivity contribution in [1.82, 2.24) is 10.2 Å². The van der Waals surface area contributed by atoms with Gasteiger partial charge in [-0.25, -0.2) is 0 Å². The summed E-state index contributed by atoms with van der Waals surface area (Å²) in [6, 6.07) is 0. The number of hydrogen-bond acceptors (Lipinski definition) is 2. The van der Waals surface area contributed by atoms with E-state index in [-0.39, 0.29) is 0 Å². The summed E-state index contributed by atoms with van der Waals surface area (Å²) in [4.78, 5) is 2.77. The SMILES string of the molecule is CCCN(CCC1CCCCC1)CC1CCNCC1. The first-order valence-electron chi connectivity index (χ1n) is 8.81. The van der Waals surface area contributed by atoms with Crippen molar-refractivity contribution in [3.63, 3.8) is 0 Å². The van der Waals surface area contributed by atoms with Crippen molar-refractivity contribution in [3.05, 3.63) is 0 Å². The molecule has 1 saturated heterocycles. The molecule has 2 aliphatic rings. The second-order valence-corrected chi connectivity index (χ2v) is 6.79. The highest BCUT2D eigenvalue weighted by atomic mass is 15.1. The Hall–Kier alpha value is -0.0800. The molecule has 0 unspecified atom stereocenters. The predicted molar refractivity (Wildman–Crippen MR) is 83.5 cm³/mol. The van der Waals surface area contributed by atoms with E-state index in [1.807, 2.05) is 0 Å². The van der Waals surface area contributed by atoms with Gasteiger partial charge in [-0.15, -0.1) is 0 Å². The summed E-state index contributed by atoms with van der Waals surface area (Å²) in [6.07, 6.45) is 13.1. The molecule has 0 spiro atoms. The first-order valence-corrected chi connectivity index (χ1v) is 8.81. The monoisotopic (exact) mass is 266 g/mol. The summed E-state index contributed by atoms with van der Waals surface area (Å²) in [5, 5.41) is 3.49. The molecule has 2 heteroatoms. The van der Waals surface area contributed by atoms with Crippen molar-refractivity contribution in [2.24, 2.45) is 11.8 Å². The Balaban J connectivity index is 1.68. The van der Waals surface area contributed by atoms with Crippen molar-refractivity contribution < 1.29 is 0 Å². The lowest BCUT2D eigenvalue weighted by Gasteiger charge is -2.31. The van der Waals surface area contributed by atoms with Crippen LogP contribution in [-0.2, 0) is 0 Å². The third kappa shape index (κ3) is 5.83. The lowest BCUT2D eigenvalue weighted by atomic mass is 9.87. The molecule has 1 aliphatic heterocycles. The molecule has 0 aromatic heterocycles. The number of rotatable bonds is 7. The molecular formula is C17H34N2. The van der Waals surface area contributed by atoms with Crippen molar-refractivity contribution >= 4 is 0 Å². The van der Waals surface area contributed by atoms with E-state index in [1.54, 1.807) is 0 Å². The third-order valence-corrected chi connectivity index (χ3v) is 5.09. The fourth-order valence-corrected chi connectivity index (χ4v) is 3.88. The molecule has 2 fully saturated rings. The largest absolute Gasteiger partial charge is 0.317 e. The minimum absolute atomic E-state index is 0.958. The molecule has 1 aliphatic carbocycles. The van der Waals surface area contributed by atoms with Gasteiger partial charge in [0.25, 0.3) is 0 Å². The number of nitrogens with zero attached hydrogens (tertiary/aromatic N) is 1. The van der Waals surface area contributed by atoms with Gasteiger partial charge in [0, 0.05) is 6.54 Å². The quantitative estimate of drug-likeness (QED) is 0.756. The highest BCUT2D eigenvalue weighted by Gasteiger charge is 2.18. The minimum Gasteiger partial charge on any atom is -0.317 e. The predicted octanol–water partition coefficient (Wildman–Crippen LogP) is 3.67. The molecule has 0 bridgehead atoms. The Morgan fingerprint density at radius 3 is 2.32 bits per heavy atom. The Kier molecular flexibility index (Phi) is 7.23. The smallest absolute Gasteiger partial charge is 0.00106 e. The molecule has 2 rings (SSSR count). The molecule has 112 valence electrons. The Bertz CT molecular complexity index is 217. The number of hydrogen-bond donors (Lipinski definition) is 1. The second kappa shape index (κ2) is 8.97. The Morgan fingerprint density at radius 2 is 1.63 bits per heavy atom. The van der Waals surface area contributed by atoms with E-state index in [0.717, 1.165) is 11.8 Å². The van der Waals surface area contributed by atoms with Crippen LogP contribution in [0.15, 0.2) is 0 Å². The summed E-state index contributed by atoms with van der Waals surface area (Å²) in [5.74, 6) is 2.00. The molecular weight excluding hydrogens is 232 g/mol. The molecule has 0 radical (unpaired) electrons. The third-order valence-electron chi connectivity index (χ3n) is 5.09. The van der Waals surface area contributed by atoms with Gasteiger partial charge in [-0.2, -0.15) is 0 Å². The highest BCUT2D eigenvalue weighted by molar-refractivity contribution is 4.74. The van der Waals surface area contributed by atoms with Gasteiger partial charge in [0.05, 0.1) is 0 Å². The van der Waals surface area contributed by atoms with Crippen LogP contribution in [0.2, 0.25) is 0 Å². The van der Waals surface area contributed by atoms with Gasteiger partial charge in [-0.05, 0) is 63.7 Å². The fourth-order valence-electron chi connectivity index (χ4n) is 3.88. The maximum absolute atomic E-state index is 3.49. The van der Waals surface area contributed by atoms with Gasteiger partial charge >= 0.3 is 0 Å². The van der Waals surface area contributed by atoms with Crippen LogP contribution < -0.4 is 5.32 Å². The molecule has 1 saturated carbocycles. The first kappa shape index (κ1) is 15.3. The molecule has 19 heavy (non-hydrogen) atoms. The summed E-state index contributed by atoms with van der Waals surface area (Å²) in [5.41, 5.74) is 0. The average molecular weight is 266 g/mol. The summed E-state index contributed by atoms with van der Waals surface area (Å²) in [6.45, 7) is 8.86. The van der Waals surface area contributed by atoms with E-state index in [9.17, 15) is 0 Å². The first-order chi connectivity index (χ1) is 9.38. The normalized spacial score (nSPS) is 23.1. The lowest BCUT2D eigenvalue weighted by molar-refractivity contribution is 0.185. The molecule has 2 nitrogen and oxygen atoms in total. The van der Waals surface area contributed by atoms with E-state index < -0.39 is 0 Å². The second-order valence-electron chi connectivity index (χ2n) is 6.79. The average Bonchev–Trinajstić information content (AvgIpc) is 2.47. The van der Waals surface area contributed by atoms with Crippen LogP contribution in [0.4, 0.5) is 0 Å². The highest BCUT2D eigenvalue weighted by Crippen LogP contribution is 2.26. The van der Waals surface area contributed by atoms with Crippen LogP contribution in [0.5, 0.6) is 0 Å². The fraction of sp³-hybridized carbons (Fsp3) is 1.00. The van der Waals surface area contributed by atoms with Gasteiger partial charge in [0.1, 0.15) is 0 Å². The van der Waals surface area contributed by atoms with Crippen LogP contribution in [0.3, 0.4) is 0 Å².